The Morgan fingerprint density at radius 3 is 2.24 bits per heavy atom. The summed E-state index contributed by atoms with van der Waals surface area (Å²) >= 11 is 0. The summed E-state index contributed by atoms with van der Waals surface area (Å²) in [5.74, 6) is -1.38. The minimum atomic E-state index is -3.12. The molecule has 0 heterocycles. The molecule has 1 atom stereocenters. The van der Waals surface area contributed by atoms with Gasteiger partial charge in [0, 0.05) is 5.30 Å². The molecule has 0 aliphatic heterocycles. The van der Waals surface area contributed by atoms with Gasteiger partial charge in [-0.25, -0.2) is 9.59 Å². The molecule has 1 unspecified atom stereocenters. The predicted octanol–water partition coefficient (Wildman–Crippen LogP) is 0.352. The number of esters is 2. The third kappa shape index (κ3) is 2.93. The molecule has 17 heavy (non-hydrogen) atoms. The molecule has 1 aromatic carbocycles. The molecule has 92 valence electrons. The lowest BCUT2D eigenvalue weighted by Crippen LogP contribution is -2.16. The molecule has 0 aliphatic rings. The molecular weight excluding hydrogens is 247 g/mol. The van der Waals surface area contributed by atoms with Gasteiger partial charge in [-0.15, -0.1) is 0 Å². The number of ether oxygens (including phenoxy) is 2. The van der Waals surface area contributed by atoms with Crippen molar-refractivity contribution in [3.8, 4) is 0 Å². The summed E-state index contributed by atoms with van der Waals surface area (Å²) < 4.78 is 20.1. The van der Waals surface area contributed by atoms with Crippen LogP contribution in [0.3, 0.4) is 0 Å². The summed E-state index contributed by atoms with van der Waals surface area (Å²) in [6.07, 6.45) is 0. The average molecular weight is 258 g/mol. The third-order valence-electron chi connectivity index (χ3n) is 2.08. The maximum Gasteiger partial charge on any atom is 0.338 e. The molecule has 0 aromatic heterocycles. The van der Waals surface area contributed by atoms with E-state index in [2.05, 4.69) is 9.47 Å². The van der Waals surface area contributed by atoms with Gasteiger partial charge in [0.15, 0.2) is 0 Å². The summed E-state index contributed by atoms with van der Waals surface area (Å²) in [5.41, 5.74) is 0.0640. The molecule has 0 bridgehead atoms. The first-order valence-electron chi connectivity index (χ1n) is 4.55. The zero-order valence-corrected chi connectivity index (χ0v) is 10.2. The van der Waals surface area contributed by atoms with Crippen molar-refractivity contribution < 1.29 is 28.5 Å². The van der Waals surface area contributed by atoms with Crippen LogP contribution >= 0.6 is 8.03 Å². The van der Waals surface area contributed by atoms with Gasteiger partial charge < -0.3 is 14.4 Å². The lowest BCUT2D eigenvalue weighted by atomic mass is 10.1. The van der Waals surface area contributed by atoms with Crippen molar-refractivity contribution in [3.05, 3.63) is 29.3 Å². The molecule has 6 nitrogen and oxygen atoms in total. The van der Waals surface area contributed by atoms with Crippen LogP contribution in [-0.4, -0.2) is 31.1 Å². The number of methoxy groups -OCH3 is 2. The first-order valence-corrected chi connectivity index (χ1v) is 5.90. The second-order valence-corrected chi connectivity index (χ2v) is 4.20. The summed E-state index contributed by atoms with van der Waals surface area (Å²) in [4.78, 5) is 31.7. The highest BCUT2D eigenvalue weighted by atomic mass is 31.1. The molecule has 0 aliphatic carbocycles. The molecule has 0 amide bonds. The Bertz CT molecular complexity index is 482. The van der Waals surface area contributed by atoms with Crippen molar-refractivity contribution in [2.75, 3.05) is 14.2 Å². The number of carbonyl (C=O) groups excluding carboxylic acids is 2. The van der Waals surface area contributed by atoms with Gasteiger partial charge in [0.25, 0.3) is 0 Å². The largest absolute Gasteiger partial charge is 0.465 e. The van der Waals surface area contributed by atoms with Crippen LogP contribution in [-0.2, 0) is 14.0 Å². The van der Waals surface area contributed by atoms with Crippen molar-refractivity contribution in [1.82, 2.24) is 0 Å². The lowest BCUT2D eigenvalue weighted by Gasteiger charge is -2.06. The zero-order valence-electron chi connectivity index (χ0n) is 9.22. The van der Waals surface area contributed by atoms with E-state index in [0.29, 0.717) is 0 Å². The smallest absolute Gasteiger partial charge is 0.338 e. The molecule has 0 fully saturated rings. The molecule has 1 aromatic rings. The third-order valence-corrected chi connectivity index (χ3v) is 2.95. The van der Waals surface area contributed by atoms with Gasteiger partial charge in [0.05, 0.1) is 25.3 Å². The Kier molecular flexibility index (Phi) is 4.43. The highest BCUT2D eigenvalue weighted by Crippen LogP contribution is 2.18. The fourth-order valence-corrected chi connectivity index (χ4v) is 1.95. The quantitative estimate of drug-likeness (QED) is 0.621. The highest BCUT2D eigenvalue weighted by molar-refractivity contribution is 7.47. The lowest BCUT2D eigenvalue weighted by molar-refractivity contribution is 0.0588. The fourth-order valence-electron chi connectivity index (χ4n) is 1.25. The fraction of sp³-hybridized carbons (Fsp3) is 0.200. The Labute approximate surface area is 98.0 Å². The number of rotatable bonds is 3. The molecule has 0 radical (unpaired) electrons. The van der Waals surface area contributed by atoms with E-state index in [1.54, 1.807) is 0 Å². The van der Waals surface area contributed by atoms with Crippen LogP contribution in [0, 0.1) is 0 Å². The van der Waals surface area contributed by atoms with E-state index in [9.17, 15) is 14.2 Å². The summed E-state index contributed by atoms with van der Waals surface area (Å²) in [5, 5.41) is -0.121. The van der Waals surface area contributed by atoms with Crippen LogP contribution in [0.5, 0.6) is 0 Å². The molecule has 0 saturated carbocycles. The zero-order chi connectivity index (χ0) is 13.0. The number of benzene rings is 1. The van der Waals surface area contributed by atoms with Crippen LogP contribution in [0.1, 0.15) is 20.7 Å². The minimum Gasteiger partial charge on any atom is -0.465 e. The van der Waals surface area contributed by atoms with Crippen molar-refractivity contribution in [3.63, 3.8) is 0 Å². The molecular formula is C10H11O6P. The maximum absolute atomic E-state index is 11.3. The van der Waals surface area contributed by atoms with E-state index < -0.39 is 20.0 Å². The second-order valence-electron chi connectivity index (χ2n) is 3.05. The van der Waals surface area contributed by atoms with E-state index >= 15 is 0 Å². The molecule has 1 N–H and O–H groups in total. The molecule has 7 heteroatoms. The number of hydrogen-bond acceptors (Lipinski definition) is 5. The van der Waals surface area contributed by atoms with E-state index in [-0.39, 0.29) is 16.4 Å². The first-order chi connectivity index (χ1) is 8.01. The summed E-state index contributed by atoms with van der Waals surface area (Å²) in [6, 6.07) is 3.73. The van der Waals surface area contributed by atoms with Gasteiger partial charge in [-0.1, -0.05) is 0 Å². The van der Waals surface area contributed by atoms with E-state index in [1.165, 1.54) is 19.2 Å². The maximum atomic E-state index is 11.3. The van der Waals surface area contributed by atoms with Crippen LogP contribution in [0.25, 0.3) is 0 Å². The van der Waals surface area contributed by atoms with Gasteiger partial charge in [-0.3, -0.25) is 4.57 Å². The predicted molar refractivity (Wildman–Crippen MR) is 60.0 cm³/mol. The molecule has 0 saturated heterocycles. The molecule has 1 rings (SSSR count). The van der Waals surface area contributed by atoms with Crippen LogP contribution in [0.4, 0.5) is 0 Å². The summed E-state index contributed by atoms with van der Waals surface area (Å²) in [7, 11) is -0.764. The van der Waals surface area contributed by atoms with Crippen LogP contribution in [0.2, 0.25) is 0 Å². The minimum absolute atomic E-state index is 0.0356. The number of carbonyl (C=O) groups is 2. The van der Waals surface area contributed by atoms with Gasteiger partial charge >= 0.3 is 11.9 Å². The van der Waals surface area contributed by atoms with Crippen molar-refractivity contribution in [2.45, 2.75) is 0 Å². The highest BCUT2D eigenvalue weighted by Gasteiger charge is 2.18. The molecule has 0 spiro atoms. The van der Waals surface area contributed by atoms with Crippen LogP contribution < -0.4 is 5.30 Å². The van der Waals surface area contributed by atoms with Crippen molar-refractivity contribution in [2.24, 2.45) is 0 Å². The monoisotopic (exact) mass is 258 g/mol. The van der Waals surface area contributed by atoms with Gasteiger partial charge in [0.1, 0.15) is 0 Å². The number of hydrogen-bond donors (Lipinski definition) is 1. The first kappa shape index (κ1) is 13.4. The van der Waals surface area contributed by atoms with Gasteiger partial charge in [-0.05, 0) is 18.2 Å². The standard InChI is InChI=1S/C10H11O6P/c1-15-9(11)6-3-4-7(10(12)16-2)8(5-6)17(13)14/h3-5,17H,1-2H3,(H,13,14). The normalized spacial score (nSPS) is 11.7. The Morgan fingerprint density at radius 2 is 1.76 bits per heavy atom. The topological polar surface area (TPSA) is 89.9 Å². The summed E-state index contributed by atoms with van der Waals surface area (Å²) in [6.45, 7) is 0. The second kappa shape index (κ2) is 5.61. The van der Waals surface area contributed by atoms with E-state index in [0.717, 1.165) is 13.2 Å². The average Bonchev–Trinajstić information content (AvgIpc) is 2.35. The van der Waals surface area contributed by atoms with E-state index in [1.807, 2.05) is 0 Å². The van der Waals surface area contributed by atoms with Crippen LogP contribution in [0.15, 0.2) is 18.2 Å². The van der Waals surface area contributed by atoms with E-state index in [4.69, 9.17) is 4.89 Å². The van der Waals surface area contributed by atoms with Crippen molar-refractivity contribution >= 4 is 25.3 Å². The SMILES string of the molecule is COC(=O)c1ccc(C(=O)OC)c([PH](=O)O)c1. The van der Waals surface area contributed by atoms with Gasteiger partial charge in [0.2, 0.25) is 8.03 Å². The Morgan fingerprint density at radius 1 is 1.18 bits per heavy atom. The van der Waals surface area contributed by atoms with Crippen molar-refractivity contribution in [1.29, 1.82) is 0 Å². The van der Waals surface area contributed by atoms with Gasteiger partial charge in [-0.2, -0.15) is 0 Å². The Hall–Kier alpha value is -1.65. The Balaban J connectivity index is 3.32.